The summed E-state index contributed by atoms with van der Waals surface area (Å²) >= 11 is 7.63. The lowest BCUT2D eigenvalue weighted by Gasteiger charge is -2.29. The Morgan fingerprint density at radius 3 is 2.65 bits per heavy atom. The SMILES string of the molecule is C[C@@H](Oc1cc(-n2cnc3ccc([C@H]4CC[C@H](NCCS(C)(=O)=O)CC4)cc32)sc1C(N)=O)c1ccccc1Cl. The lowest BCUT2D eigenvalue weighted by atomic mass is 9.81. The van der Waals surface area contributed by atoms with Gasteiger partial charge in [-0.05, 0) is 62.3 Å². The number of hydrogen-bond acceptors (Lipinski definition) is 7. The highest BCUT2D eigenvalue weighted by Crippen LogP contribution is 2.38. The maximum Gasteiger partial charge on any atom is 0.262 e. The predicted molar refractivity (Wildman–Crippen MR) is 161 cm³/mol. The Hall–Kier alpha value is -2.92. The monoisotopic (exact) mass is 600 g/mol. The van der Waals surface area contributed by atoms with Crippen LogP contribution in [0.3, 0.4) is 0 Å². The second kappa shape index (κ2) is 11.9. The zero-order valence-electron chi connectivity index (χ0n) is 22.5. The van der Waals surface area contributed by atoms with Gasteiger partial charge < -0.3 is 15.8 Å². The maximum absolute atomic E-state index is 12.3. The third kappa shape index (κ3) is 6.52. The second-order valence-corrected chi connectivity index (χ2v) is 14.1. The maximum atomic E-state index is 12.3. The van der Waals surface area contributed by atoms with Crippen molar-refractivity contribution in [1.29, 1.82) is 0 Å². The van der Waals surface area contributed by atoms with Crippen molar-refractivity contribution < 1.29 is 17.9 Å². The molecule has 212 valence electrons. The number of sulfone groups is 1. The van der Waals surface area contributed by atoms with Gasteiger partial charge in [0.05, 0.1) is 16.8 Å². The zero-order chi connectivity index (χ0) is 28.4. The summed E-state index contributed by atoms with van der Waals surface area (Å²) in [7, 11) is -2.96. The van der Waals surface area contributed by atoms with E-state index in [1.165, 1.54) is 23.2 Å². The van der Waals surface area contributed by atoms with Crippen molar-refractivity contribution in [1.82, 2.24) is 14.9 Å². The van der Waals surface area contributed by atoms with Gasteiger partial charge in [0.15, 0.2) is 0 Å². The smallest absolute Gasteiger partial charge is 0.262 e. The lowest BCUT2D eigenvalue weighted by Crippen LogP contribution is -2.35. The van der Waals surface area contributed by atoms with E-state index in [1.54, 1.807) is 6.33 Å². The molecular formula is C29H33ClN4O4S2. The molecule has 2 aromatic carbocycles. The number of nitrogens with two attached hydrogens (primary N) is 1. The molecule has 11 heteroatoms. The quantitative estimate of drug-likeness (QED) is 0.243. The first-order valence-electron chi connectivity index (χ1n) is 13.3. The van der Waals surface area contributed by atoms with Crippen molar-refractivity contribution in [3.63, 3.8) is 0 Å². The topological polar surface area (TPSA) is 116 Å². The first kappa shape index (κ1) is 28.6. The Balaban J connectivity index is 1.34. The Kier molecular flexibility index (Phi) is 8.51. The predicted octanol–water partition coefficient (Wildman–Crippen LogP) is 5.64. The number of benzene rings is 2. The Bertz CT molecular complexity index is 1620. The van der Waals surface area contributed by atoms with Crippen molar-refractivity contribution >= 4 is 49.7 Å². The molecule has 4 aromatic rings. The summed E-state index contributed by atoms with van der Waals surface area (Å²) in [6.45, 7) is 2.38. The number of ether oxygens (including phenoxy) is 1. The van der Waals surface area contributed by atoms with Crippen LogP contribution in [0.25, 0.3) is 16.0 Å². The van der Waals surface area contributed by atoms with Gasteiger partial charge in [-0.1, -0.05) is 35.9 Å². The number of aromatic nitrogens is 2. The van der Waals surface area contributed by atoms with Crippen LogP contribution in [0, 0.1) is 0 Å². The second-order valence-electron chi connectivity index (χ2n) is 10.4. The molecule has 3 N–H and O–H groups in total. The minimum absolute atomic E-state index is 0.166. The number of carbonyl (C=O) groups excluding carboxylic acids is 1. The largest absolute Gasteiger partial charge is 0.484 e. The fourth-order valence-corrected chi connectivity index (χ4v) is 7.04. The minimum Gasteiger partial charge on any atom is -0.484 e. The van der Waals surface area contributed by atoms with Gasteiger partial charge in [-0.25, -0.2) is 13.4 Å². The molecule has 40 heavy (non-hydrogen) atoms. The first-order valence-corrected chi connectivity index (χ1v) is 16.6. The highest BCUT2D eigenvalue weighted by atomic mass is 35.5. The summed E-state index contributed by atoms with van der Waals surface area (Å²) in [5, 5.41) is 4.78. The highest BCUT2D eigenvalue weighted by Gasteiger charge is 2.24. The zero-order valence-corrected chi connectivity index (χ0v) is 24.9. The van der Waals surface area contributed by atoms with E-state index in [0.29, 0.717) is 34.2 Å². The van der Waals surface area contributed by atoms with Crippen molar-refractivity contribution in [2.45, 2.75) is 50.7 Å². The molecular weight excluding hydrogens is 568 g/mol. The molecule has 1 saturated carbocycles. The number of halogens is 1. The van der Waals surface area contributed by atoms with Gasteiger partial charge in [0, 0.05) is 35.5 Å². The number of nitrogens with zero attached hydrogens (tertiary/aromatic N) is 2. The van der Waals surface area contributed by atoms with Gasteiger partial charge in [0.25, 0.3) is 5.91 Å². The number of fused-ring (bicyclic) bond motifs is 1. The van der Waals surface area contributed by atoms with Gasteiger partial charge in [-0.15, -0.1) is 11.3 Å². The first-order chi connectivity index (χ1) is 19.1. The van der Waals surface area contributed by atoms with Gasteiger partial charge in [0.1, 0.15) is 37.9 Å². The van der Waals surface area contributed by atoms with Crippen molar-refractivity contribution in [3.05, 3.63) is 75.9 Å². The van der Waals surface area contributed by atoms with Crippen LogP contribution in [0.4, 0.5) is 0 Å². The molecule has 0 unspecified atom stereocenters. The van der Waals surface area contributed by atoms with Crippen LogP contribution in [-0.2, 0) is 9.84 Å². The molecule has 1 fully saturated rings. The van der Waals surface area contributed by atoms with Gasteiger partial charge >= 0.3 is 0 Å². The summed E-state index contributed by atoms with van der Waals surface area (Å²) in [4.78, 5) is 17.3. The molecule has 1 aliphatic carbocycles. The summed E-state index contributed by atoms with van der Waals surface area (Å²) in [5.74, 6) is 0.448. The molecule has 1 amide bonds. The molecule has 0 radical (unpaired) electrons. The number of nitrogens with one attached hydrogen (secondary N) is 1. The molecule has 8 nitrogen and oxygen atoms in total. The summed E-state index contributed by atoms with van der Waals surface area (Å²) in [6, 6.07) is 16.0. The fraction of sp³-hybridized carbons (Fsp3) is 0.379. The molecule has 1 aliphatic rings. The average molecular weight is 601 g/mol. The standard InChI is InChI=1S/C29H33ClN4O4S2/c1-18(22-5-3-4-6-23(22)30)38-26-16-27(39-28(26)29(31)35)34-17-33-24-12-9-20(15-25(24)34)19-7-10-21(11-8-19)32-13-14-40(2,36)37/h3-6,9,12,15-19,21,32H,7-8,10-11,13-14H2,1-2H3,(H2,31,35)/t18-,19-,21-/m1/s1. The minimum atomic E-state index is -2.96. The fourth-order valence-electron chi connectivity index (χ4n) is 5.33. The van der Waals surface area contributed by atoms with Crippen LogP contribution in [0.1, 0.15) is 65.4 Å². The van der Waals surface area contributed by atoms with Crippen molar-refractivity contribution in [3.8, 4) is 10.8 Å². The number of amides is 1. The van der Waals surface area contributed by atoms with Crippen LogP contribution >= 0.6 is 22.9 Å². The van der Waals surface area contributed by atoms with Crippen LogP contribution in [0.15, 0.2) is 54.9 Å². The van der Waals surface area contributed by atoms with E-state index in [2.05, 4.69) is 22.4 Å². The summed E-state index contributed by atoms with van der Waals surface area (Å²) in [5.41, 5.74) is 9.62. The molecule has 1 atom stereocenters. The van der Waals surface area contributed by atoms with Crippen molar-refractivity contribution in [2.24, 2.45) is 5.73 Å². The van der Waals surface area contributed by atoms with Crippen LogP contribution < -0.4 is 15.8 Å². The Labute approximate surface area is 243 Å². The molecule has 2 aromatic heterocycles. The van der Waals surface area contributed by atoms with E-state index in [0.717, 1.165) is 47.3 Å². The number of imidazole rings is 1. The molecule has 0 aliphatic heterocycles. The molecule has 0 spiro atoms. The number of carbonyl (C=O) groups is 1. The van der Waals surface area contributed by atoms with Gasteiger partial charge in [-0.2, -0.15) is 0 Å². The van der Waals surface area contributed by atoms with E-state index in [4.69, 9.17) is 22.1 Å². The third-order valence-electron chi connectivity index (χ3n) is 7.47. The molecule has 0 saturated heterocycles. The van der Waals surface area contributed by atoms with Gasteiger partial charge in [-0.3, -0.25) is 9.36 Å². The van der Waals surface area contributed by atoms with Crippen LogP contribution in [0.2, 0.25) is 5.02 Å². The van der Waals surface area contributed by atoms with E-state index >= 15 is 0 Å². The molecule has 0 bridgehead atoms. The average Bonchev–Trinajstić information content (AvgIpc) is 3.52. The van der Waals surface area contributed by atoms with E-state index in [1.807, 2.05) is 47.9 Å². The van der Waals surface area contributed by atoms with E-state index < -0.39 is 15.7 Å². The Morgan fingerprint density at radius 1 is 1.20 bits per heavy atom. The normalized spacial score (nSPS) is 18.6. The highest BCUT2D eigenvalue weighted by molar-refractivity contribution is 7.90. The van der Waals surface area contributed by atoms with E-state index in [-0.39, 0.29) is 11.9 Å². The summed E-state index contributed by atoms with van der Waals surface area (Å²) < 4.78 is 31.0. The van der Waals surface area contributed by atoms with Crippen molar-refractivity contribution in [2.75, 3.05) is 18.6 Å². The third-order valence-corrected chi connectivity index (χ3v) is 9.89. The lowest BCUT2D eigenvalue weighted by molar-refractivity contribution is 0.0998. The van der Waals surface area contributed by atoms with E-state index in [9.17, 15) is 13.2 Å². The van der Waals surface area contributed by atoms with Crippen LogP contribution in [-0.4, -0.2) is 48.5 Å². The summed E-state index contributed by atoms with van der Waals surface area (Å²) in [6.07, 6.45) is 6.71. The number of hydrogen-bond donors (Lipinski definition) is 2. The molecule has 2 heterocycles. The number of thiophene rings is 1. The van der Waals surface area contributed by atoms with Crippen LogP contribution in [0.5, 0.6) is 5.75 Å². The number of rotatable bonds is 10. The Morgan fingerprint density at radius 2 is 1.95 bits per heavy atom. The van der Waals surface area contributed by atoms with Gasteiger partial charge in [0.2, 0.25) is 0 Å². The molecule has 5 rings (SSSR count). The number of primary amides is 1.